The number of amides is 1. The normalized spacial score (nSPS) is 25.3. The molecule has 1 aromatic rings. The maximum atomic E-state index is 12.2. The first-order chi connectivity index (χ1) is 8.63. The van der Waals surface area contributed by atoms with Gasteiger partial charge in [-0.15, -0.1) is 11.3 Å². The molecule has 1 aliphatic rings. The first kappa shape index (κ1) is 13.5. The average molecular weight is 267 g/mol. The molecule has 1 aliphatic heterocycles. The Morgan fingerprint density at radius 3 is 3.00 bits per heavy atom. The fraction of sp³-hybridized carbons (Fsp3) is 0.692. The molecule has 2 rings (SSSR count). The highest BCUT2D eigenvalue weighted by molar-refractivity contribution is 7.09. The Morgan fingerprint density at radius 2 is 2.39 bits per heavy atom. The molecule has 0 aromatic carbocycles. The van der Waals surface area contributed by atoms with Crippen molar-refractivity contribution in [1.29, 1.82) is 0 Å². The summed E-state index contributed by atoms with van der Waals surface area (Å²) < 4.78 is 0. The van der Waals surface area contributed by atoms with Gasteiger partial charge >= 0.3 is 0 Å². The molecule has 5 heteroatoms. The van der Waals surface area contributed by atoms with E-state index in [-0.39, 0.29) is 18.0 Å². The molecule has 100 valence electrons. The third-order valence-electron chi connectivity index (χ3n) is 3.39. The SMILES string of the molecule is CCCN1C(=O)CCCC(N)C1c1csc(C)n1. The van der Waals surface area contributed by atoms with Gasteiger partial charge in [-0.05, 0) is 26.2 Å². The van der Waals surface area contributed by atoms with Gasteiger partial charge in [0.1, 0.15) is 0 Å². The zero-order valence-corrected chi connectivity index (χ0v) is 11.9. The number of likely N-dealkylation sites (tertiary alicyclic amines) is 1. The molecule has 1 amide bonds. The molecule has 2 atom stereocenters. The number of aromatic nitrogens is 1. The molecule has 0 aliphatic carbocycles. The van der Waals surface area contributed by atoms with Crippen molar-refractivity contribution in [2.75, 3.05) is 6.54 Å². The lowest BCUT2D eigenvalue weighted by molar-refractivity contribution is -0.133. The Hall–Kier alpha value is -0.940. The number of nitrogens with two attached hydrogens (primary N) is 1. The second-order valence-corrected chi connectivity index (χ2v) is 5.94. The smallest absolute Gasteiger partial charge is 0.223 e. The monoisotopic (exact) mass is 267 g/mol. The second-order valence-electron chi connectivity index (χ2n) is 4.88. The fourth-order valence-corrected chi connectivity index (χ4v) is 3.22. The number of hydrogen-bond acceptors (Lipinski definition) is 4. The molecule has 18 heavy (non-hydrogen) atoms. The molecule has 0 bridgehead atoms. The average Bonchev–Trinajstić information content (AvgIpc) is 2.69. The number of aryl methyl sites for hydroxylation is 1. The lowest BCUT2D eigenvalue weighted by Gasteiger charge is -2.32. The Labute approximate surface area is 112 Å². The molecule has 0 saturated carbocycles. The summed E-state index contributed by atoms with van der Waals surface area (Å²) in [5.41, 5.74) is 7.24. The fourth-order valence-electron chi connectivity index (χ4n) is 2.58. The molecule has 1 saturated heterocycles. The van der Waals surface area contributed by atoms with Crippen LogP contribution in [-0.2, 0) is 4.79 Å². The van der Waals surface area contributed by atoms with Gasteiger partial charge in [0.15, 0.2) is 0 Å². The van der Waals surface area contributed by atoms with E-state index in [0.29, 0.717) is 6.42 Å². The highest BCUT2D eigenvalue weighted by atomic mass is 32.1. The van der Waals surface area contributed by atoms with Crippen molar-refractivity contribution in [3.8, 4) is 0 Å². The summed E-state index contributed by atoms with van der Waals surface area (Å²) in [7, 11) is 0. The standard InChI is InChI=1S/C13H21N3OS/c1-3-7-16-12(17)6-4-5-10(14)13(16)11-8-18-9(2)15-11/h8,10,13H,3-7,14H2,1-2H3. The predicted octanol–water partition coefficient (Wildman–Crippen LogP) is 2.24. The highest BCUT2D eigenvalue weighted by Gasteiger charge is 2.33. The highest BCUT2D eigenvalue weighted by Crippen LogP contribution is 2.30. The Balaban J connectivity index is 2.32. The third kappa shape index (κ3) is 2.72. The maximum Gasteiger partial charge on any atom is 0.223 e. The third-order valence-corrected chi connectivity index (χ3v) is 4.19. The minimum absolute atomic E-state index is 0.00417. The summed E-state index contributed by atoms with van der Waals surface area (Å²) in [6, 6.07) is -0.0330. The van der Waals surface area contributed by atoms with Crippen LogP contribution in [0.5, 0.6) is 0 Å². The van der Waals surface area contributed by atoms with E-state index in [2.05, 4.69) is 11.9 Å². The van der Waals surface area contributed by atoms with Crippen LogP contribution in [0.4, 0.5) is 0 Å². The van der Waals surface area contributed by atoms with E-state index in [4.69, 9.17) is 5.73 Å². The maximum absolute atomic E-state index is 12.2. The molecule has 0 spiro atoms. The van der Waals surface area contributed by atoms with Crippen molar-refractivity contribution in [1.82, 2.24) is 9.88 Å². The number of carbonyl (C=O) groups is 1. The van der Waals surface area contributed by atoms with Gasteiger partial charge < -0.3 is 10.6 Å². The van der Waals surface area contributed by atoms with Crippen molar-refractivity contribution in [3.05, 3.63) is 16.1 Å². The van der Waals surface area contributed by atoms with Crippen LogP contribution >= 0.6 is 11.3 Å². The van der Waals surface area contributed by atoms with Crippen LogP contribution in [0.2, 0.25) is 0 Å². The summed E-state index contributed by atoms with van der Waals surface area (Å²) in [6.07, 6.45) is 3.36. The first-order valence-corrected chi connectivity index (χ1v) is 7.48. The van der Waals surface area contributed by atoms with Gasteiger partial charge in [0.05, 0.1) is 16.7 Å². The second kappa shape index (κ2) is 5.80. The molecule has 4 nitrogen and oxygen atoms in total. The van der Waals surface area contributed by atoms with Crippen molar-refractivity contribution in [3.63, 3.8) is 0 Å². The van der Waals surface area contributed by atoms with Crippen LogP contribution < -0.4 is 5.73 Å². The van der Waals surface area contributed by atoms with Gasteiger partial charge in [-0.3, -0.25) is 4.79 Å². The topological polar surface area (TPSA) is 59.2 Å². The molecule has 2 N–H and O–H groups in total. The van der Waals surface area contributed by atoms with Crippen molar-refractivity contribution in [2.45, 2.75) is 51.6 Å². The van der Waals surface area contributed by atoms with Gasteiger partial charge in [-0.25, -0.2) is 4.98 Å². The van der Waals surface area contributed by atoms with E-state index in [1.807, 2.05) is 17.2 Å². The van der Waals surface area contributed by atoms with E-state index in [0.717, 1.165) is 36.5 Å². The Kier molecular flexibility index (Phi) is 4.35. The van der Waals surface area contributed by atoms with Crippen LogP contribution in [0.3, 0.4) is 0 Å². The summed E-state index contributed by atoms with van der Waals surface area (Å²) in [5.74, 6) is 0.223. The van der Waals surface area contributed by atoms with E-state index in [9.17, 15) is 4.79 Å². The van der Waals surface area contributed by atoms with E-state index < -0.39 is 0 Å². The van der Waals surface area contributed by atoms with E-state index in [1.165, 1.54) is 0 Å². The van der Waals surface area contributed by atoms with Crippen LogP contribution in [0.15, 0.2) is 5.38 Å². The van der Waals surface area contributed by atoms with Gasteiger partial charge in [0.25, 0.3) is 0 Å². The minimum atomic E-state index is -0.0371. The van der Waals surface area contributed by atoms with Crippen LogP contribution in [0.25, 0.3) is 0 Å². The van der Waals surface area contributed by atoms with Gasteiger partial charge in [0, 0.05) is 24.4 Å². The van der Waals surface area contributed by atoms with Crippen LogP contribution in [0.1, 0.15) is 49.4 Å². The number of nitrogens with zero attached hydrogens (tertiary/aromatic N) is 2. The molecule has 2 heterocycles. The number of hydrogen-bond donors (Lipinski definition) is 1. The van der Waals surface area contributed by atoms with Gasteiger partial charge in [-0.2, -0.15) is 0 Å². The van der Waals surface area contributed by atoms with Crippen molar-refractivity contribution < 1.29 is 4.79 Å². The zero-order valence-electron chi connectivity index (χ0n) is 11.1. The molecule has 1 aromatic heterocycles. The molecule has 0 radical (unpaired) electrons. The zero-order chi connectivity index (χ0) is 13.1. The van der Waals surface area contributed by atoms with Crippen LogP contribution in [0, 0.1) is 6.92 Å². The molecular weight excluding hydrogens is 246 g/mol. The van der Waals surface area contributed by atoms with Gasteiger partial charge in [-0.1, -0.05) is 6.92 Å². The summed E-state index contributed by atoms with van der Waals surface area (Å²) in [4.78, 5) is 18.7. The molecule has 2 unspecified atom stereocenters. The number of thiazole rings is 1. The minimum Gasteiger partial charge on any atom is -0.332 e. The molecule has 1 fully saturated rings. The largest absolute Gasteiger partial charge is 0.332 e. The molecular formula is C13H21N3OS. The van der Waals surface area contributed by atoms with E-state index in [1.54, 1.807) is 11.3 Å². The predicted molar refractivity (Wildman–Crippen MR) is 73.4 cm³/mol. The lowest BCUT2D eigenvalue weighted by atomic mass is 10.0. The summed E-state index contributed by atoms with van der Waals surface area (Å²) >= 11 is 1.62. The van der Waals surface area contributed by atoms with Gasteiger partial charge in [0.2, 0.25) is 5.91 Å². The van der Waals surface area contributed by atoms with Crippen molar-refractivity contribution in [2.24, 2.45) is 5.73 Å². The Morgan fingerprint density at radius 1 is 1.61 bits per heavy atom. The van der Waals surface area contributed by atoms with Crippen molar-refractivity contribution >= 4 is 17.2 Å². The van der Waals surface area contributed by atoms with E-state index >= 15 is 0 Å². The lowest BCUT2D eigenvalue weighted by Crippen LogP contribution is -2.42. The summed E-state index contributed by atoms with van der Waals surface area (Å²) in [5, 5.41) is 3.08. The quantitative estimate of drug-likeness (QED) is 0.913. The number of rotatable bonds is 3. The number of carbonyl (C=O) groups excluding carboxylic acids is 1. The van der Waals surface area contributed by atoms with Crippen LogP contribution in [-0.4, -0.2) is 28.4 Å². The summed E-state index contributed by atoms with van der Waals surface area (Å²) in [6.45, 7) is 4.85. The first-order valence-electron chi connectivity index (χ1n) is 6.60. The Bertz CT molecular complexity index is 418.